The van der Waals surface area contributed by atoms with E-state index in [1.165, 1.54) is 0 Å². The topological polar surface area (TPSA) is 26.3 Å². The van der Waals surface area contributed by atoms with E-state index in [9.17, 15) is 4.79 Å². The van der Waals surface area contributed by atoms with E-state index in [4.69, 9.17) is 4.74 Å². The molecule has 0 aliphatic heterocycles. The molecule has 0 aliphatic carbocycles. The number of rotatable bonds is 6. The quantitative estimate of drug-likeness (QED) is 0.335. The minimum Gasteiger partial charge on any atom is -0.487 e. The molecule has 11 heavy (non-hydrogen) atoms. The van der Waals surface area contributed by atoms with Crippen LogP contribution in [0.4, 0.5) is 0 Å². The highest BCUT2D eigenvalue weighted by Gasteiger charge is 1.96. The molecule has 0 radical (unpaired) electrons. The highest BCUT2D eigenvalue weighted by molar-refractivity contribution is 5.49. The number of ether oxygens (including phenoxy) is 1. The molecule has 0 saturated heterocycles. The predicted octanol–water partition coefficient (Wildman–Crippen LogP) is 2.32. The molecule has 0 bridgehead atoms. The molecular weight excluding hydrogens is 140 g/mol. The minimum absolute atomic E-state index is 0.473. The molecule has 0 aliphatic rings. The van der Waals surface area contributed by atoms with E-state index >= 15 is 0 Å². The summed E-state index contributed by atoms with van der Waals surface area (Å²) < 4.78 is 5.03. The molecule has 0 unspecified atom stereocenters. The zero-order valence-electron chi connectivity index (χ0n) is 7.35. The first kappa shape index (κ1) is 10.2. The van der Waals surface area contributed by atoms with Crippen LogP contribution in [0, 0.1) is 0 Å². The van der Waals surface area contributed by atoms with Crippen molar-refractivity contribution in [2.45, 2.75) is 39.5 Å². The van der Waals surface area contributed by atoms with E-state index in [1.807, 2.05) is 6.92 Å². The minimum atomic E-state index is 0.473. The third-order valence-corrected chi connectivity index (χ3v) is 1.44. The van der Waals surface area contributed by atoms with Crippen LogP contribution in [-0.4, -0.2) is 12.5 Å². The number of hydrogen-bond acceptors (Lipinski definition) is 2. The van der Waals surface area contributed by atoms with Gasteiger partial charge in [-0.1, -0.05) is 19.8 Å². The van der Waals surface area contributed by atoms with Crippen LogP contribution in [0.5, 0.6) is 0 Å². The Bertz CT molecular complexity index is 134. The van der Waals surface area contributed by atoms with Gasteiger partial charge in [-0.2, -0.15) is 0 Å². The summed E-state index contributed by atoms with van der Waals surface area (Å²) in [6, 6.07) is 0. The standard InChI is InChI=1S/C9H16O2/c1-3-5-6-7-9(8-10)11-4-2/h3-7H2,1-2H3. The van der Waals surface area contributed by atoms with E-state index < -0.39 is 0 Å². The van der Waals surface area contributed by atoms with Crippen LogP contribution in [0.3, 0.4) is 0 Å². The lowest BCUT2D eigenvalue weighted by molar-refractivity contribution is 0.220. The molecule has 2 heteroatoms. The second-order valence-electron chi connectivity index (χ2n) is 2.42. The van der Waals surface area contributed by atoms with Gasteiger partial charge in [-0.25, -0.2) is 4.79 Å². The van der Waals surface area contributed by atoms with Crippen LogP contribution in [0.2, 0.25) is 0 Å². The van der Waals surface area contributed by atoms with E-state index in [-0.39, 0.29) is 0 Å². The Hall–Kier alpha value is -0.750. The van der Waals surface area contributed by atoms with Crippen LogP contribution in [-0.2, 0) is 9.53 Å². The average Bonchev–Trinajstić information content (AvgIpc) is 2.03. The maximum absolute atomic E-state index is 10.2. The molecule has 0 aromatic heterocycles. The van der Waals surface area contributed by atoms with Gasteiger partial charge >= 0.3 is 0 Å². The molecule has 2 nitrogen and oxygen atoms in total. The number of unbranched alkanes of at least 4 members (excludes halogenated alkanes) is 2. The van der Waals surface area contributed by atoms with Crippen LogP contribution in [0.15, 0.2) is 5.76 Å². The maximum atomic E-state index is 10.2. The molecule has 0 saturated carbocycles. The van der Waals surface area contributed by atoms with Crippen molar-refractivity contribution >= 4 is 5.94 Å². The average molecular weight is 156 g/mol. The lowest BCUT2D eigenvalue weighted by Gasteiger charge is -2.02. The van der Waals surface area contributed by atoms with Crippen molar-refractivity contribution in [2.75, 3.05) is 6.61 Å². The fourth-order valence-electron chi connectivity index (χ4n) is 0.862. The summed E-state index contributed by atoms with van der Waals surface area (Å²) in [5.41, 5.74) is 0. The van der Waals surface area contributed by atoms with Gasteiger partial charge in [-0.3, -0.25) is 0 Å². The smallest absolute Gasteiger partial charge is 0.179 e. The Morgan fingerprint density at radius 1 is 1.36 bits per heavy atom. The molecule has 0 spiro atoms. The second-order valence-corrected chi connectivity index (χ2v) is 2.42. The first-order valence-corrected chi connectivity index (χ1v) is 4.21. The summed E-state index contributed by atoms with van der Waals surface area (Å²) in [5, 5.41) is 0. The first-order valence-electron chi connectivity index (χ1n) is 4.21. The van der Waals surface area contributed by atoms with E-state index in [0.29, 0.717) is 12.4 Å². The second kappa shape index (κ2) is 7.36. The SMILES string of the molecule is CCCCCC(=C=O)OCC. The van der Waals surface area contributed by atoms with Crippen LogP contribution < -0.4 is 0 Å². The summed E-state index contributed by atoms with van der Waals surface area (Å²) in [7, 11) is 0. The Morgan fingerprint density at radius 2 is 2.09 bits per heavy atom. The van der Waals surface area contributed by atoms with Crippen molar-refractivity contribution in [2.24, 2.45) is 0 Å². The van der Waals surface area contributed by atoms with E-state index in [2.05, 4.69) is 6.92 Å². The summed E-state index contributed by atoms with van der Waals surface area (Å²) in [5.74, 6) is 2.28. The summed E-state index contributed by atoms with van der Waals surface area (Å²) >= 11 is 0. The van der Waals surface area contributed by atoms with Gasteiger partial charge in [0, 0.05) is 6.42 Å². The van der Waals surface area contributed by atoms with E-state index in [0.717, 1.165) is 25.7 Å². The van der Waals surface area contributed by atoms with Crippen molar-refractivity contribution in [1.82, 2.24) is 0 Å². The van der Waals surface area contributed by atoms with Crippen molar-refractivity contribution in [3.8, 4) is 0 Å². The molecule has 0 fully saturated rings. The third-order valence-electron chi connectivity index (χ3n) is 1.44. The highest BCUT2D eigenvalue weighted by atomic mass is 16.5. The molecule has 0 atom stereocenters. The number of allylic oxidation sites excluding steroid dienone is 1. The monoisotopic (exact) mass is 156 g/mol. The number of carbonyl (C=O) groups excluding carboxylic acids is 1. The van der Waals surface area contributed by atoms with Crippen molar-refractivity contribution in [1.29, 1.82) is 0 Å². The van der Waals surface area contributed by atoms with Gasteiger partial charge in [0.25, 0.3) is 0 Å². The largest absolute Gasteiger partial charge is 0.487 e. The van der Waals surface area contributed by atoms with Crippen LogP contribution in [0.1, 0.15) is 39.5 Å². The third kappa shape index (κ3) is 5.68. The lowest BCUT2D eigenvalue weighted by Crippen LogP contribution is -1.92. The van der Waals surface area contributed by atoms with Gasteiger partial charge in [0.1, 0.15) is 0 Å². The summed E-state index contributed by atoms with van der Waals surface area (Å²) in [6.45, 7) is 4.57. The normalized spacial score (nSPS) is 8.91. The molecule has 64 valence electrons. The molecule has 0 aromatic carbocycles. The highest BCUT2D eigenvalue weighted by Crippen LogP contribution is 2.06. The van der Waals surface area contributed by atoms with Crippen LogP contribution >= 0.6 is 0 Å². The molecule has 0 aromatic rings. The lowest BCUT2D eigenvalue weighted by atomic mass is 10.2. The van der Waals surface area contributed by atoms with Gasteiger partial charge < -0.3 is 4.74 Å². The predicted molar refractivity (Wildman–Crippen MR) is 45.0 cm³/mol. The molecule has 0 rings (SSSR count). The van der Waals surface area contributed by atoms with Gasteiger partial charge in [-0.15, -0.1) is 0 Å². The molecule has 0 N–H and O–H groups in total. The fourth-order valence-corrected chi connectivity index (χ4v) is 0.862. The van der Waals surface area contributed by atoms with Crippen molar-refractivity contribution < 1.29 is 9.53 Å². The van der Waals surface area contributed by atoms with Gasteiger partial charge in [0.05, 0.1) is 6.61 Å². The number of hydrogen-bond donors (Lipinski definition) is 0. The maximum Gasteiger partial charge on any atom is 0.179 e. The Labute approximate surface area is 68.2 Å². The van der Waals surface area contributed by atoms with Gasteiger partial charge in [0.2, 0.25) is 0 Å². The van der Waals surface area contributed by atoms with Crippen molar-refractivity contribution in [3.63, 3.8) is 0 Å². The zero-order valence-corrected chi connectivity index (χ0v) is 7.35. The van der Waals surface area contributed by atoms with Crippen molar-refractivity contribution in [3.05, 3.63) is 5.76 Å². The first-order chi connectivity index (χ1) is 5.35. The Morgan fingerprint density at radius 3 is 2.55 bits per heavy atom. The van der Waals surface area contributed by atoms with Gasteiger partial charge in [-0.05, 0) is 13.3 Å². The molecular formula is C9H16O2. The fraction of sp³-hybridized carbons (Fsp3) is 0.778. The van der Waals surface area contributed by atoms with E-state index in [1.54, 1.807) is 5.94 Å². The molecule has 0 amide bonds. The molecule has 0 heterocycles. The summed E-state index contributed by atoms with van der Waals surface area (Å²) in [4.78, 5) is 10.2. The van der Waals surface area contributed by atoms with Crippen LogP contribution in [0.25, 0.3) is 0 Å². The zero-order chi connectivity index (χ0) is 8.53. The summed E-state index contributed by atoms with van der Waals surface area (Å²) in [6.07, 6.45) is 4.09. The Kier molecular flexibility index (Phi) is 6.86. The van der Waals surface area contributed by atoms with Gasteiger partial charge in [0.15, 0.2) is 11.7 Å². The Balaban J connectivity index is 3.46.